The molecule has 0 aliphatic carbocycles. The Balaban J connectivity index is 1.74. The number of guanidine groups is 2. The molecular formula is C15H22N8O5. The van der Waals surface area contributed by atoms with Crippen molar-refractivity contribution in [1.82, 2.24) is 20.4 Å². The van der Waals surface area contributed by atoms with Crippen molar-refractivity contribution in [1.29, 1.82) is 0 Å². The Kier molecular flexibility index (Phi) is 3.81. The molecule has 13 nitrogen and oxygen atoms in total. The first kappa shape index (κ1) is 18.4. The van der Waals surface area contributed by atoms with Crippen molar-refractivity contribution in [2.75, 3.05) is 13.1 Å². The summed E-state index contributed by atoms with van der Waals surface area (Å²) in [7, 11) is 0. The van der Waals surface area contributed by atoms with Crippen molar-refractivity contribution in [3.8, 4) is 0 Å². The molecule has 2 fully saturated rings. The molecule has 2 saturated heterocycles. The fourth-order valence-electron chi connectivity index (χ4n) is 4.49. The Morgan fingerprint density at radius 1 is 1.29 bits per heavy atom. The smallest absolute Gasteiger partial charge is 0.231 e. The highest BCUT2D eigenvalue weighted by Crippen LogP contribution is 2.44. The second kappa shape index (κ2) is 5.78. The summed E-state index contributed by atoms with van der Waals surface area (Å²) in [5, 5.41) is 27.3. The van der Waals surface area contributed by atoms with Gasteiger partial charge in [0.2, 0.25) is 23.5 Å². The highest BCUT2D eigenvalue weighted by atomic mass is 16.5. The van der Waals surface area contributed by atoms with E-state index in [4.69, 9.17) is 11.5 Å². The number of nitrogens with one attached hydrogen (secondary N) is 2. The Bertz CT molecular complexity index is 809. The summed E-state index contributed by atoms with van der Waals surface area (Å²) in [6.07, 6.45) is 0.232. The number of hydrogen-bond acceptors (Lipinski definition) is 11. The molecule has 13 heteroatoms. The number of carbonyl (C=O) groups excluding carboxylic acids is 3. The number of carbonyl (C=O) groups is 3. The Morgan fingerprint density at radius 2 is 1.93 bits per heavy atom. The maximum absolute atomic E-state index is 12.0. The topological polar surface area (TPSA) is 199 Å². The van der Waals surface area contributed by atoms with Gasteiger partial charge in [0.15, 0.2) is 17.6 Å². The van der Waals surface area contributed by atoms with Crippen LogP contribution in [0, 0.1) is 0 Å². The van der Waals surface area contributed by atoms with Gasteiger partial charge in [-0.1, -0.05) is 0 Å². The lowest BCUT2D eigenvalue weighted by molar-refractivity contribution is -0.231. The van der Waals surface area contributed by atoms with Crippen LogP contribution in [0.2, 0.25) is 0 Å². The molecule has 28 heavy (non-hydrogen) atoms. The standard InChI is InChI=1S/C15H22N8O5/c1-6(24)18-8-5-23-13(17)19-7(4-22-9(25)2-3-10(22)26)11-14(23,15(8,27)28)21-12(16)20-11/h7-8,11,27-28H,2-5H2,1H3,(H2,17,19)(H,18,24)(H3,16,20,21)/t7?,8-,11?,14+/m0/s1. The first-order valence-electron chi connectivity index (χ1n) is 8.85. The van der Waals surface area contributed by atoms with Gasteiger partial charge in [0, 0.05) is 26.3 Å². The maximum atomic E-state index is 12.0. The number of hydrogen-bond donors (Lipinski definition) is 6. The van der Waals surface area contributed by atoms with Gasteiger partial charge in [-0.25, -0.2) is 9.98 Å². The highest BCUT2D eigenvalue weighted by Gasteiger charge is 2.73. The van der Waals surface area contributed by atoms with Crippen molar-refractivity contribution >= 4 is 29.6 Å². The molecule has 152 valence electrons. The van der Waals surface area contributed by atoms with E-state index in [1.54, 1.807) is 0 Å². The van der Waals surface area contributed by atoms with Crippen LogP contribution in [0.3, 0.4) is 0 Å². The van der Waals surface area contributed by atoms with Gasteiger partial charge in [0.1, 0.15) is 12.1 Å². The lowest BCUT2D eigenvalue weighted by Gasteiger charge is -2.49. The molecule has 8 N–H and O–H groups in total. The number of amides is 3. The maximum Gasteiger partial charge on any atom is 0.231 e. The van der Waals surface area contributed by atoms with Crippen LogP contribution in [0.5, 0.6) is 0 Å². The molecule has 0 aromatic rings. The van der Waals surface area contributed by atoms with Crippen LogP contribution in [-0.2, 0) is 14.4 Å². The van der Waals surface area contributed by atoms with Gasteiger partial charge in [-0.2, -0.15) is 0 Å². The van der Waals surface area contributed by atoms with Crippen molar-refractivity contribution in [3.63, 3.8) is 0 Å². The summed E-state index contributed by atoms with van der Waals surface area (Å²) in [5.41, 5.74) is 10.2. The van der Waals surface area contributed by atoms with Crippen LogP contribution in [-0.4, -0.2) is 92.3 Å². The van der Waals surface area contributed by atoms with Crippen LogP contribution in [0.4, 0.5) is 0 Å². The fourth-order valence-corrected chi connectivity index (χ4v) is 4.49. The molecule has 4 heterocycles. The van der Waals surface area contributed by atoms with Gasteiger partial charge < -0.3 is 37.2 Å². The van der Waals surface area contributed by atoms with Crippen LogP contribution < -0.4 is 22.1 Å². The van der Waals surface area contributed by atoms with Crippen molar-refractivity contribution < 1.29 is 24.6 Å². The van der Waals surface area contributed by atoms with E-state index in [0.717, 1.165) is 4.90 Å². The molecule has 4 atom stereocenters. The van der Waals surface area contributed by atoms with Gasteiger partial charge in [-0.05, 0) is 0 Å². The van der Waals surface area contributed by atoms with Crippen LogP contribution >= 0.6 is 0 Å². The second-order valence-electron chi connectivity index (χ2n) is 7.39. The Hall–Kier alpha value is -2.93. The molecule has 1 spiro atoms. The lowest BCUT2D eigenvalue weighted by Crippen LogP contribution is -2.78. The molecule has 0 saturated carbocycles. The third-order valence-corrected chi connectivity index (χ3v) is 5.70. The zero-order chi connectivity index (χ0) is 20.4. The molecule has 3 amide bonds. The quantitative estimate of drug-likeness (QED) is 0.201. The number of rotatable bonds is 3. The minimum atomic E-state index is -2.52. The summed E-state index contributed by atoms with van der Waals surface area (Å²) in [6, 6.07) is -2.91. The van der Waals surface area contributed by atoms with Gasteiger partial charge >= 0.3 is 0 Å². The highest BCUT2D eigenvalue weighted by molar-refractivity contribution is 6.02. The number of likely N-dealkylation sites (tertiary alicyclic amines) is 1. The molecule has 4 aliphatic heterocycles. The molecule has 4 aliphatic rings. The Labute approximate surface area is 159 Å². The summed E-state index contributed by atoms with van der Waals surface area (Å²) in [4.78, 5) is 46.6. The van der Waals surface area contributed by atoms with E-state index in [9.17, 15) is 24.6 Å². The molecule has 0 radical (unpaired) electrons. The van der Waals surface area contributed by atoms with Gasteiger partial charge in [0.25, 0.3) is 0 Å². The monoisotopic (exact) mass is 394 g/mol. The molecule has 4 rings (SSSR count). The predicted octanol–water partition coefficient (Wildman–Crippen LogP) is -4.68. The van der Waals surface area contributed by atoms with Gasteiger partial charge in [-0.3, -0.25) is 19.3 Å². The van der Waals surface area contributed by atoms with Crippen LogP contribution in [0.15, 0.2) is 9.98 Å². The van der Waals surface area contributed by atoms with E-state index in [2.05, 4.69) is 20.6 Å². The van der Waals surface area contributed by atoms with Crippen LogP contribution in [0.1, 0.15) is 19.8 Å². The largest absolute Gasteiger partial charge is 0.370 e. The molecule has 0 aromatic carbocycles. The average Bonchev–Trinajstić information content (AvgIpc) is 3.18. The second-order valence-corrected chi connectivity index (χ2v) is 7.39. The minimum absolute atomic E-state index is 0.0435. The first-order valence-corrected chi connectivity index (χ1v) is 8.85. The zero-order valence-corrected chi connectivity index (χ0v) is 15.1. The third kappa shape index (κ3) is 2.29. The van der Waals surface area contributed by atoms with Gasteiger partial charge in [-0.15, -0.1) is 0 Å². The number of aliphatic imine (C=N–C) groups is 2. The average molecular weight is 394 g/mol. The zero-order valence-electron chi connectivity index (χ0n) is 15.1. The summed E-state index contributed by atoms with van der Waals surface area (Å²) in [6.45, 7) is 1.08. The van der Waals surface area contributed by atoms with Crippen molar-refractivity contribution in [2.24, 2.45) is 21.5 Å². The van der Waals surface area contributed by atoms with E-state index in [1.807, 2.05) is 0 Å². The predicted molar refractivity (Wildman–Crippen MR) is 94.1 cm³/mol. The summed E-state index contributed by atoms with van der Waals surface area (Å²) < 4.78 is 0. The first-order chi connectivity index (χ1) is 13.1. The SMILES string of the molecule is CC(=O)N[C@H]1CN2C(N)=NC(CN3C(=O)CCC3=O)C3N=C(N)N[C@]32C1(O)O. The van der Waals surface area contributed by atoms with Crippen LogP contribution in [0.25, 0.3) is 0 Å². The number of nitrogens with zero attached hydrogens (tertiary/aromatic N) is 4. The molecular weight excluding hydrogens is 372 g/mol. The molecule has 0 aromatic heterocycles. The van der Waals surface area contributed by atoms with Crippen molar-refractivity contribution in [2.45, 2.75) is 49.3 Å². The number of imide groups is 1. The number of aliphatic hydroxyl groups is 2. The Morgan fingerprint density at radius 3 is 2.54 bits per heavy atom. The fraction of sp³-hybridized carbons (Fsp3) is 0.667. The van der Waals surface area contributed by atoms with E-state index in [0.29, 0.717) is 0 Å². The normalized spacial score (nSPS) is 35.9. The lowest BCUT2D eigenvalue weighted by atomic mass is 9.85. The number of nitrogens with two attached hydrogens (primary N) is 2. The molecule has 2 unspecified atom stereocenters. The van der Waals surface area contributed by atoms with Crippen molar-refractivity contribution in [3.05, 3.63) is 0 Å². The van der Waals surface area contributed by atoms with E-state index in [-0.39, 0.29) is 49.7 Å². The molecule has 0 bridgehead atoms. The summed E-state index contributed by atoms with van der Waals surface area (Å²) >= 11 is 0. The minimum Gasteiger partial charge on any atom is -0.370 e. The van der Waals surface area contributed by atoms with Gasteiger partial charge in [0.05, 0.1) is 12.6 Å². The summed E-state index contributed by atoms with van der Waals surface area (Å²) in [5.74, 6) is -3.76. The van der Waals surface area contributed by atoms with E-state index in [1.165, 1.54) is 11.8 Å². The van der Waals surface area contributed by atoms with E-state index >= 15 is 0 Å². The van der Waals surface area contributed by atoms with E-state index < -0.39 is 35.5 Å². The third-order valence-electron chi connectivity index (χ3n) is 5.70.